The van der Waals surface area contributed by atoms with Crippen molar-refractivity contribution in [1.82, 2.24) is 9.88 Å². The van der Waals surface area contributed by atoms with Crippen molar-refractivity contribution in [1.29, 1.82) is 0 Å². The van der Waals surface area contributed by atoms with Crippen LogP contribution in [-0.2, 0) is 4.79 Å². The molecule has 2 aromatic carbocycles. The molecule has 1 aliphatic heterocycles. The van der Waals surface area contributed by atoms with E-state index in [-0.39, 0.29) is 23.4 Å². The van der Waals surface area contributed by atoms with Crippen molar-refractivity contribution in [3.63, 3.8) is 0 Å². The Balaban J connectivity index is 1.20. The van der Waals surface area contributed by atoms with Gasteiger partial charge in [0.05, 0.1) is 24.6 Å². The van der Waals surface area contributed by atoms with Gasteiger partial charge in [0.25, 0.3) is 0 Å². The molecule has 2 fully saturated rings. The first-order valence-corrected chi connectivity index (χ1v) is 13.0. The molecule has 1 aliphatic carbocycles. The summed E-state index contributed by atoms with van der Waals surface area (Å²) in [7, 11) is 1.58. The number of nitrogens with zero attached hydrogens (tertiary/aromatic N) is 2. The minimum absolute atomic E-state index is 0.0825. The molecular weight excluding hydrogens is 497 g/mol. The van der Waals surface area contributed by atoms with E-state index >= 15 is 0 Å². The number of hydrogen-bond acceptors (Lipinski definition) is 5. The number of likely N-dealkylation sites (tertiary alicyclic amines) is 1. The molecule has 2 heterocycles. The fraction of sp³-hybridized carbons (Fsp3) is 0.448. The molecule has 2 aliphatic rings. The highest BCUT2D eigenvalue weighted by molar-refractivity contribution is 5.83. The van der Waals surface area contributed by atoms with Crippen molar-refractivity contribution in [2.45, 2.75) is 50.2 Å². The number of carbonyl (C=O) groups is 1. The van der Waals surface area contributed by atoms with E-state index < -0.39 is 35.4 Å². The summed E-state index contributed by atoms with van der Waals surface area (Å²) in [5.41, 5.74) is 1.67. The second kappa shape index (κ2) is 10.9. The van der Waals surface area contributed by atoms with Gasteiger partial charge in [-0.1, -0.05) is 6.07 Å². The van der Waals surface area contributed by atoms with Crippen LogP contribution in [0.5, 0.6) is 5.75 Å². The molecule has 202 valence electrons. The Labute approximate surface area is 219 Å². The topological polar surface area (TPSA) is 82.9 Å². The summed E-state index contributed by atoms with van der Waals surface area (Å²) < 4.78 is 46.4. The first-order chi connectivity index (χ1) is 18.3. The van der Waals surface area contributed by atoms with Gasteiger partial charge < -0.3 is 14.9 Å². The number of aliphatic hydroxyl groups excluding tert-OH is 1. The summed E-state index contributed by atoms with van der Waals surface area (Å²) in [5, 5.41) is 21.8. The second-order valence-electron chi connectivity index (χ2n) is 10.5. The predicted molar refractivity (Wildman–Crippen MR) is 135 cm³/mol. The van der Waals surface area contributed by atoms with E-state index in [9.17, 15) is 28.2 Å². The normalized spacial score (nSPS) is 24.7. The molecule has 1 aromatic heterocycles. The smallest absolute Gasteiger partial charge is 0.308 e. The van der Waals surface area contributed by atoms with Crippen LogP contribution in [0.3, 0.4) is 0 Å². The zero-order valence-electron chi connectivity index (χ0n) is 21.1. The maximum atomic E-state index is 14.2. The third-order valence-corrected chi connectivity index (χ3v) is 8.39. The van der Waals surface area contributed by atoms with E-state index in [0.29, 0.717) is 50.9 Å². The van der Waals surface area contributed by atoms with Crippen LogP contribution >= 0.6 is 0 Å². The average molecular weight is 529 g/mol. The number of aliphatic hydroxyl groups is 1. The lowest BCUT2D eigenvalue weighted by Crippen LogP contribution is -2.52. The molecule has 0 amide bonds. The Morgan fingerprint density at radius 1 is 1.16 bits per heavy atom. The Morgan fingerprint density at radius 2 is 1.95 bits per heavy atom. The standard InChI is InChI=1S/C29H31F3N2O4/c1-38-19-3-6-25-22(14-19)21(8-10-33-25)26(35)7-2-16-9-11-34(15-23(16)29(36)37)18-12-17(13-18)20-4-5-24(30)28(32)27(20)31/h3-6,8,10,14,16-18,23,26,35H,2,7,9,11-13,15H2,1H3,(H,36,37)/t16-,17?,18?,23+,26+/m1/s1. The molecule has 0 unspecified atom stereocenters. The molecule has 1 saturated carbocycles. The highest BCUT2D eigenvalue weighted by atomic mass is 19.2. The number of ether oxygens (including phenoxy) is 1. The molecule has 0 spiro atoms. The van der Waals surface area contributed by atoms with Gasteiger partial charge in [-0.15, -0.1) is 0 Å². The van der Waals surface area contributed by atoms with E-state index in [1.165, 1.54) is 6.07 Å². The summed E-state index contributed by atoms with van der Waals surface area (Å²) in [5.74, 6) is -4.84. The zero-order valence-corrected chi connectivity index (χ0v) is 21.1. The maximum Gasteiger partial charge on any atom is 0.308 e. The van der Waals surface area contributed by atoms with Crippen molar-refractivity contribution >= 4 is 16.9 Å². The number of carboxylic acids is 1. The van der Waals surface area contributed by atoms with E-state index in [2.05, 4.69) is 9.88 Å². The quantitative estimate of drug-likeness (QED) is 0.379. The molecule has 1 saturated heterocycles. The van der Waals surface area contributed by atoms with Crippen LogP contribution in [0.15, 0.2) is 42.6 Å². The fourth-order valence-corrected chi connectivity index (χ4v) is 6.07. The zero-order chi connectivity index (χ0) is 27.0. The number of carboxylic acid groups (broad SMARTS) is 1. The monoisotopic (exact) mass is 528 g/mol. The third kappa shape index (κ3) is 5.09. The minimum atomic E-state index is -1.45. The summed E-state index contributed by atoms with van der Waals surface area (Å²) in [6.07, 6.45) is 3.71. The Hall–Kier alpha value is -3.17. The first kappa shape index (κ1) is 26.4. The van der Waals surface area contributed by atoms with Gasteiger partial charge in [0.1, 0.15) is 5.75 Å². The van der Waals surface area contributed by atoms with Gasteiger partial charge in [0.2, 0.25) is 0 Å². The van der Waals surface area contributed by atoms with Gasteiger partial charge in [0.15, 0.2) is 17.5 Å². The molecule has 9 heteroatoms. The SMILES string of the molecule is COc1ccc2nccc([C@@H](O)CC[C@@H]3CCN(C4CC(c5ccc(F)c(F)c5F)C4)C[C@@H]3C(=O)O)c2c1. The van der Waals surface area contributed by atoms with Crippen LogP contribution in [0.2, 0.25) is 0 Å². The highest BCUT2D eigenvalue weighted by Crippen LogP contribution is 2.43. The number of aromatic nitrogens is 1. The number of halogens is 3. The maximum absolute atomic E-state index is 14.2. The Morgan fingerprint density at radius 3 is 2.68 bits per heavy atom. The minimum Gasteiger partial charge on any atom is -0.497 e. The van der Waals surface area contributed by atoms with Crippen molar-refractivity contribution in [3.05, 3.63) is 71.2 Å². The summed E-state index contributed by atoms with van der Waals surface area (Å²) in [4.78, 5) is 18.6. The van der Waals surface area contributed by atoms with Gasteiger partial charge in [0, 0.05) is 24.2 Å². The fourth-order valence-electron chi connectivity index (χ4n) is 6.07. The molecular formula is C29H31F3N2O4. The van der Waals surface area contributed by atoms with Crippen LogP contribution in [0, 0.1) is 29.3 Å². The summed E-state index contributed by atoms with van der Waals surface area (Å²) >= 11 is 0. The lowest BCUT2D eigenvalue weighted by atomic mass is 9.73. The van der Waals surface area contributed by atoms with Crippen molar-refractivity contribution in [2.24, 2.45) is 11.8 Å². The van der Waals surface area contributed by atoms with Crippen LogP contribution < -0.4 is 4.74 Å². The average Bonchev–Trinajstić information content (AvgIpc) is 2.90. The van der Waals surface area contributed by atoms with E-state index in [0.717, 1.165) is 22.5 Å². The summed E-state index contributed by atoms with van der Waals surface area (Å²) in [6.45, 7) is 1.08. The van der Waals surface area contributed by atoms with Gasteiger partial charge in [-0.05, 0) is 91.9 Å². The number of hydrogen-bond donors (Lipinski definition) is 2. The molecule has 0 bridgehead atoms. The lowest BCUT2D eigenvalue weighted by molar-refractivity contribution is -0.147. The molecule has 2 N–H and O–H groups in total. The van der Waals surface area contributed by atoms with E-state index in [1.54, 1.807) is 19.4 Å². The van der Waals surface area contributed by atoms with Crippen LogP contribution in [0.1, 0.15) is 55.3 Å². The third-order valence-electron chi connectivity index (χ3n) is 8.39. The number of aliphatic carboxylic acids is 1. The Bertz CT molecular complexity index is 1330. The van der Waals surface area contributed by atoms with Crippen LogP contribution in [0.4, 0.5) is 13.2 Å². The predicted octanol–water partition coefficient (Wildman–Crippen LogP) is 5.44. The lowest BCUT2D eigenvalue weighted by Gasteiger charge is -2.47. The highest BCUT2D eigenvalue weighted by Gasteiger charge is 2.42. The molecule has 3 aromatic rings. The van der Waals surface area contributed by atoms with Crippen molar-refractivity contribution < 1.29 is 32.9 Å². The number of pyridine rings is 1. The first-order valence-electron chi connectivity index (χ1n) is 13.0. The number of benzene rings is 2. The molecule has 0 radical (unpaired) electrons. The molecule has 5 rings (SSSR count). The van der Waals surface area contributed by atoms with Crippen LogP contribution in [-0.4, -0.2) is 52.3 Å². The van der Waals surface area contributed by atoms with Gasteiger partial charge >= 0.3 is 5.97 Å². The van der Waals surface area contributed by atoms with E-state index in [4.69, 9.17) is 4.74 Å². The number of methoxy groups -OCH3 is 1. The van der Waals surface area contributed by atoms with Crippen LogP contribution in [0.25, 0.3) is 10.9 Å². The molecule has 3 atom stereocenters. The Kier molecular flexibility index (Phi) is 7.59. The second-order valence-corrected chi connectivity index (χ2v) is 10.5. The summed E-state index contributed by atoms with van der Waals surface area (Å²) in [6, 6.07) is 9.62. The number of piperidine rings is 1. The number of rotatable bonds is 8. The molecule has 6 nitrogen and oxygen atoms in total. The van der Waals surface area contributed by atoms with Gasteiger partial charge in [-0.3, -0.25) is 14.7 Å². The largest absolute Gasteiger partial charge is 0.497 e. The van der Waals surface area contributed by atoms with Crippen molar-refractivity contribution in [2.75, 3.05) is 20.2 Å². The van der Waals surface area contributed by atoms with E-state index in [1.807, 2.05) is 18.2 Å². The molecule has 38 heavy (non-hydrogen) atoms. The van der Waals surface area contributed by atoms with Gasteiger partial charge in [-0.25, -0.2) is 13.2 Å². The number of fused-ring (bicyclic) bond motifs is 1. The van der Waals surface area contributed by atoms with Crippen molar-refractivity contribution in [3.8, 4) is 5.75 Å². The van der Waals surface area contributed by atoms with Gasteiger partial charge in [-0.2, -0.15) is 0 Å².